The molecule has 0 saturated heterocycles. The maximum atomic E-state index is 12.8. The van der Waals surface area contributed by atoms with E-state index in [0.29, 0.717) is 20.5 Å². The van der Waals surface area contributed by atoms with E-state index in [9.17, 15) is 26.8 Å². The summed E-state index contributed by atoms with van der Waals surface area (Å²) in [6.45, 7) is -2.26. The summed E-state index contributed by atoms with van der Waals surface area (Å²) in [6.07, 6.45) is 0.902. The predicted octanol–water partition coefficient (Wildman–Crippen LogP) is 4.87. The molecule has 3 aromatic rings. The van der Waals surface area contributed by atoms with Crippen molar-refractivity contribution in [2.24, 2.45) is 0 Å². The van der Waals surface area contributed by atoms with Crippen LogP contribution < -0.4 is 15.1 Å². The Balaban J connectivity index is 0.000000297. The maximum absolute atomic E-state index is 12.8. The lowest BCUT2D eigenvalue weighted by molar-refractivity contribution is -0.139. The number of alkyl halides is 2. The highest BCUT2D eigenvalue weighted by Gasteiger charge is 2.21. The van der Waals surface area contributed by atoms with Gasteiger partial charge in [-0.25, -0.2) is 22.6 Å². The molecule has 0 aliphatic heterocycles. The van der Waals surface area contributed by atoms with Gasteiger partial charge in [0.15, 0.2) is 6.61 Å². The number of hydrogen-bond donors (Lipinski definition) is 2. The van der Waals surface area contributed by atoms with Gasteiger partial charge in [-0.1, -0.05) is 46.4 Å². The number of aryl methyl sites for hydroxylation is 1. The molecule has 17 heteroatoms. The van der Waals surface area contributed by atoms with E-state index < -0.39 is 34.8 Å². The minimum Gasteiger partial charge on any atom is -0.480 e. The zero-order valence-electron chi connectivity index (χ0n) is 18.2. The van der Waals surface area contributed by atoms with Crippen molar-refractivity contribution in [1.29, 1.82) is 0 Å². The van der Waals surface area contributed by atoms with Crippen LogP contribution in [0.1, 0.15) is 12.4 Å². The molecule has 0 atom stereocenters. The van der Waals surface area contributed by atoms with Crippen LogP contribution in [0.15, 0.2) is 35.1 Å². The summed E-state index contributed by atoms with van der Waals surface area (Å²) in [5.41, 5.74) is -1.27. The van der Waals surface area contributed by atoms with Crippen LogP contribution in [0.5, 0.6) is 5.75 Å². The van der Waals surface area contributed by atoms with Crippen molar-refractivity contribution in [2.45, 2.75) is 13.5 Å². The van der Waals surface area contributed by atoms with Crippen molar-refractivity contribution in [3.8, 4) is 11.4 Å². The van der Waals surface area contributed by atoms with Gasteiger partial charge in [0.05, 0.1) is 32.7 Å². The number of carboxylic acids is 1. The molecule has 0 radical (unpaired) electrons. The summed E-state index contributed by atoms with van der Waals surface area (Å²) in [7, 11) is -3.65. The minimum atomic E-state index is -3.65. The van der Waals surface area contributed by atoms with E-state index in [0.717, 1.165) is 12.3 Å². The van der Waals surface area contributed by atoms with Crippen LogP contribution in [-0.2, 0) is 14.8 Å². The second-order valence-corrected chi connectivity index (χ2v) is 10.2. The molecule has 196 valence electrons. The van der Waals surface area contributed by atoms with Crippen LogP contribution in [0.3, 0.4) is 0 Å². The van der Waals surface area contributed by atoms with E-state index in [1.54, 1.807) is 6.07 Å². The van der Waals surface area contributed by atoms with Gasteiger partial charge in [0.1, 0.15) is 11.6 Å². The lowest BCUT2D eigenvalue weighted by atomic mass is 10.3. The maximum Gasteiger partial charge on any atom is 0.355 e. The molecule has 10 nitrogen and oxygen atoms in total. The average molecular weight is 608 g/mol. The molecule has 0 aliphatic carbocycles. The molecular formula is C19H16Cl4F2N4O6S. The monoisotopic (exact) mass is 606 g/mol. The molecule has 1 heterocycles. The largest absolute Gasteiger partial charge is 0.480 e. The van der Waals surface area contributed by atoms with Crippen molar-refractivity contribution in [1.82, 2.24) is 14.3 Å². The summed E-state index contributed by atoms with van der Waals surface area (Å²) in [6, 6.07) is 6.89. The third kappa shape index (κ3) is 7.96. The van der Waals surface area contributed by atoms with Crippen LogP contribution in [0.25, 0.3) is 5.69 Å². The highest BCUT2D eigenvalue weighted by atomic mass is 35.5. The van der Waals surface area contributed by atoms with Crippen LogP contribution >= 0.6 is 46.4 Å². The molecule has 0 bridgehead atoms. The van der Waals surface area contributed by atoms with Crippen LogP contribution in [0.4, 0.5) is 14.5 Å². The highest BCUT2D eigenvalue weighted by molar-refractivity contribution is 7.92. The molecule has 0 saturated carbocycles. The topological polar surface area (TPSA) is 133 Å². The molecule has 2 N–H and O–H groups in total. The molecular weight excluding hydrogens is 592 g/mol. The molecule has 0 amide bonds. The van der Waals surface area contributed by atoms with Gasteiger partial charge in [0.2, 0.25) is 10.0 Å². The fraction of sp³-hybridized carbons (Fsp3) is 0.211. The standard InChI is InChI=1S/C11H10Cl2F2N4O3S.C8H6Cl2O3/c1-5-16-19(11(20)18(5)10(14)15)9-4-8(17-23(2,21)22)6(12)3-7(9)13;9-5-1-2-7(6(10)3-5)13-4-8(11)12/h3-4,10,17H,1-2H3;1-3H,4H2,(H,11,12). The number of benzene rings is 2. The fourth-order valence-electron chi connectivity index (χ4n) is 2.57. The van der Waals surface area contributed by atoms with Crippen molar-refractivity contribution >= 4 is 68.1 Å². The Labute approximate surface area is 222 Å². The van der Waals surface area contributed by atoms with E-state index >= 15 is 0 Å². The van der Waals surface area contributed by atoms with Crippen LogP contribution in [-0.4, -0.2) is 46.7 Å². The van der Waals surface area contributed by atoms with E-state index in [1.807, 2.05) is 0 Å². The Morgan fingerprint density at radius 3 is 2.28 bits per heavy atom. The normalized spacial score (nSPS) is 11.1. The van der Waals surface area contributed by atoms with Gasteiger partial charge < -0.3 is 9.84 Å². The molecule has 0 fully saturated rings. The lowest BCUT2D eigenvalue weighted by Crippen LogP contribution is -2.25. The van der Waals surface area contributed by atoms with Gasteiger partial charge in [0.25, 0.3) is 0 Å². The molecule has 0 unspecified atom stereocenters. The zero-order chi connectivity index (χ0) is 27.4. The number of hydrogen-bond acceptors (Lipinski definition) is 6. The van der Waals surface area contributed by atoms with Gasteiger partial charge in [-0.05, 0) is 37.3 Å². The minimum absolute atomic E-state index is 0.0257. The summed E-state index contributed by atoms with van der Waals surface area (Å²) in [5.74, 6) is -0.965. The van der Waals surface area contributed by atoms with Gasteiger partial charge in [-0.2, -0.15) is 13.5 Å². The SMILES string of the molecule is Cc1nn(-c2cc(NS(C)(=O)=O)c(Cl)cc2Cl)c(=O)n1C(F)F.O=C(O)COc1ccc(Cl)cc1Cl. The first-order chi connectivity index (χ1) is 16.6. The second-order valence-electron chi connectivity index (χ2n) is 6.80. The number of ether oxygens (including phenoxy) is 1. The Kier molecular flexibility index (Phi) is 9.97. The molecule has 3 rings (SSSR count). The number of sulfonamides is 1. The number of halogens is 6. The van der Waals surface area contributed by atoms with Crippen molar-refractivity contribution in [3.63, 3.8) is 0 Å². The Hall–Kier alpha value is -2.58. The number of nitrogens with one attached hydrogen (secondary N) is 1. The summed E-state index contributed by atoms with van der Waals surface area (Å²) in [5, 5.41) is 12.7. The smallest absolute Gasteiger partial charge is 0.355 e. The fourth-order valence-corrected chi connectivity index (χ4v) is 4.17. The molecule has 1 aromatic heterocycles. The van der Waals surface area contributed by atoms with Gasteiger partial charge in [-0.3, -0.25) is 4.72 Å². The zero-order valence-corrected chi connectivity index (χ0v) is 22.0. The lowest BCUT2D eigenvalue weighted by Gasteiger charge is -2.10. The number of aliphatic carboxylic acids is 1. The van der Waals surface area contributed by atoms with E-state index in [4.69, 9.17) is 56.2 Å². The quantitative estimate of drug-likeness (QED) is 0.391. The summed E-state index contributed by atoms with van der Waals surface area (Å²) in [4.78, 5) is 22.2. The average Bonchev–Trinajstić information content (AvgIpc) is 3.02. The van der Waals surface area contributed by atoms with E-state index in [-0.39, 0.29) is 31.8 Å². The Morgan fingerprint density at radius 1 is 1.14 bits per heavy atom. The first-order valence-electron chi connectivity index (χ1n) is 9.34. The van der Waals surface area contributed by atoms with Crippen molar-refractivity contribution in [3.05, 3.63) is 66.7 Å². The van der Waals surface area contributed by atoms with Gasteiger partial charge in [-0.15, -0.1) is 5.10 Å². The number of aromatic nitrogens is 3. The molecule has 0 spiro atoms. The van der Waals surface area contributed by atoms with Crippen molar-refractivity contribution < 1.29 is 31.8 Å². The highest BCUT2D eigenvalue weighted by Crippen LogP contribution is 2.31. The van der Waals surface area contributed by atoms with Gasteiger partial charge in [0, 0.05) is 5.02 Å². The number of anilines is 1. The number of carbonyl (C=O) groups is 1. The van der Waals surface area contributed by atoms with Crippen molar-refractivity contribution in [2.75, 3.05) is 17.6 Å². The molecule has 2 aromatic carbocycles. The Morgan fingerprint density at radius 2 is 1.78 bits per heavy atom. The first kappa shape index (κ1) is 29.6. The first-order valence-corrected chi connectivity index (χ1v) is 12.7. The number of rotatable bonds is 7. The van der Waals surface area contributed by atoms with Crippen LogP contribution in [0.2, 0.25) is 20.1 Å². The third-order valence-electron chi connectivity index (χ3n) is 3.98. The summed E-state index contributed by atoms with van der Waals surface area (Å²) < 4.78 is 56.1. The third-order valence-corrected chi connectivity index (χ3v) is 5.72. The molecule has 36 heavy (non-hydrogen) atoms. The predicted molar refractivity (Wildman–Crippen MR) is 132 cm³/mol. The van der Waals surface area contributed by atoms with Gasteiger partial charge >= 0.3 is 18.2 Å². The number of nitrogens with zero attached hydrogens (tertiary/aromatic N) is 3. The van der Waals surface area contributed by atoms with E-state index in [2.05, 4.69) is 9.82 Å². The molecule has 0 aliphatic rings. The second kappa shape index (κ2) is 12.1. The van der Waals surface area contributed by atoms with Crippen LogP contribution in [0, 0.1) is 6.92 Å². The van der Waals surface area contributed by atoms with E-state index in [1.165, 1.54) is 25.1 Å². The summed E-state index contributed by atoms with van der Waals surface area (Å²) >= 11 is 23.2. The Bertz CT molecular complexity index is 1450. The number of carboxylic acid groups (broad SMARTS) is 1.